The molecule has 0 radical (unpaired) electrons. The number of hydrogen-bond donors (Lipinski definition) is 2. The van der Waals surface area contributed by atoms with Gasteiger partial charge in [-0.15, -0.1) is 24.0 Å². The molecule has 0 bridgehead atoms. The molecule has 1 aliphatic heterocycles. The third-order valence-corrected chi connectivity index (χ3v) is 5.46. The largest absolute Gasteiger partial charge is 0.356 e. The summed E-state index contributed by atoms with van der Waals surface area (Å²) in [5.41, 5.74) is 1.10. The van der Waals surface area contributed by atoms with Gasteiger partial charge in [-0.2, -0.15) is 0 Å². The number of halogens is 1. The zero-order chi connectivity index (χ0) is 17.6. The molecule has 6 nitrogen and oxygen atoms in total. The number of benzene rings is 1. The van der Waals surface area contributed by atoms with Crippen LogP contribution < -0.4 is 10.6 Å². The number of hydrogen-bond acceptors (Lipinski definition) is 4. The average Bonchev–Trinajstić information content (AvgIpc) is 2.96. The van der Waals surface area contributed by atoms with Crippen molar-refractivity contribution in [3.63, 3.8) is 0 Å². The Kier molecular flexibility index (Phi) is 9.15. The Bertz CT molecular complexity index is 662. The predicted octanol–water partition coefficient (Wildman–Crippen LogP) is 1.37. The van der Waals surface area contributed by atoms with Gasteiger partial charge >= 0.3 is 0 Å². The molecule has 0 aromatic heterocycles. The molecule has 0 saturated carbocycles. The topological polar surface area (TPSA) is 73.8 Å². The Balaban J connectivity index is 0.00000312. The van der Waals surface area contributed by atoms with Crippen LogP contribution in [0.15, 0.2) is 34.2 Å². The second-order valence-corrected chi connectivity index (χ2v) is 8.48. The molecule has 142 valence electrons. The Morgan fingerprint density at radius 1 is 1.28 bits per heavy atom. The molecule has 8 heteroatoms. The summed E-state index contributed by atoms with van der Waals surface area (Å²) in [4.78, 5) is 6.96. The second kappa shape index (κ2) is 10.3. The number of nitrogens with zero attached hydrogens (tertiary/aromatic N) is 2. The van der Waals surface area contributed by atoms with Crippen LogP contribution in [0.4, 0.5) is 0 Å². The van der Waals surface area contributed by atoms with Crippen molar-refractivity contribution >= 4 is 39.8 Å². The lowest BCUT2D eigenvalue weighted by molar-refractivity contribution is 0.394. The van der Waals surface area contributed by atoms with Crippen molar-refractivity contribution in [2.45, 2.75) is 17.7 Å². The first-order valence-electron chi connectivity index (χ1n) is 8.30. The summed E-state index contributed by atoms with van der Waals surface area (Å²) in [5.74, 6) is 1.49. The van der Waals surface area contributed by atoms with Crippen LogP contribution in [0.5, 0.6) is 0 Å². The van der Waals surface area contributed by atoms with Gasteiger partial charge in [0.15, 0.2) is 15.8 Å². The molecule has 2 N–H and O–H groups in total. The molecule has 1 aromatic carbocycles. The summed E-state index contributed by atoms with van der Waals surface area (Å²) in [6, 6.07) is 7.05. The number of aliphatic imine (C=N–C) groups is 1. The molecule has 0 amide bonds. The smallest absolute Gasteiger partial charge is 0.190 e. The van der Waals surface area contributed by atoms with E-state index >= 15 is 0 Å². The highest BCUT2D eigenvalue weighted by Crippen LogP contribution is 2.13. The Morgan fingerprint density at radius 2 is 1.96 bits per heavy atom. The van der Waals surface area contributed by atoms with Crippen LogP contribution in [0, 0.1) is 5.92 Å². The molecule has 1 fully saturated rings. The zero-order valence-electron chi connectivity index (χ0n) is 15.2. The van der Waals surface area contributed by atoms with Gasteiger partial charge in [-0.3, -0.25) is 4.99 Å². The van der Waals surface area contributed by atoms with E-state index in [-0.39, 0.29) is 24.0 Å². The van der Waals surface area contributed by atoms with Crippen LogP contribution in [-0.2, 0) is 16.3 Å². The van der Waals surface area contributed by atoms with Crippen LogP contribution in [0.3, 0.4) is 0 Å². The molecular formula is C17H29IN4O2S. The van der Waals surface area contributed by atoms with Crippen molar-refractivity contribution in [2.24, 2.45) is 10.9 Å². The number of nitrogens with one attached hydrogen (secondary N) is 2. The van der Waals surface area contributed by atoms with E-state index in [1.54, 1.807) is 19.2 Å². The first-order valence-corrected chi connectivity index (χ1v) is 10.2. The minimum absolute atomic E-state index is 0. The van der Waals surface area contributed by atoms with Gasteiger partial charge in [0, 0.05) is 32.9 Å². The Labute approximate surface area is 168 Å². The van der Waals surface area contributed by atoms with Crippen molar-refractivity contribution in [2.75, 3.05) is 46.5 Å². The number of guanidine groups is 1. The van der Waals surface area contributed by atoms with Crippen molar-refractivity contribution in [3.8, 4) is 0 Å². The Morgan fingerprint density at radius 3 is 2.48 bits per heavy atom. The summed E-state index contributed by atoms with van der Waals surface area (Å²) in [5, 5.41) is 6.69. The summed E-state index contributed by atoms with van der Waals surface area (Å²) < 4.78 is 22.9. The van der Waals surface area contributed by atoms with E-state index < -0.39 is 9.84 Å². The number of rotatable bonds is 6. The summed E-state index contributed by atoms with van der Waals surface area (Å²) in [7, 11) is 0.805. The Hall–Kier alpha value is -0.870. The standard InChI is InChI=1S/C17H28N4O2S.HI/c1-18-17(20-12-15-9-11-21(2)13-15)19-10-8-14-4-6-16(7-5-14)24(3,22)23;/h4-7,15H,8-13H2,1-3H3,(H2,18,19,20);1H. The highest BCUT2D eigenvalue weighted by Gasteiger charge is 2.19. The van der Waals surface area contributed by atoms with Crippen molar-refractivity contribution < 1.29 is 8.42 Å². The van der Waals surface area contributed by atoms with Crippen LogP contribution in [0.1, 0.15) is 12.0 Å². The van der Waals surface area contributed by atoms with Crippen molar-refractivity contribution in [3.05, 3.63) is 29.8 Å². The van der Waals surface area contributed by atoms with E-state index in [4.69, 9.17) is 0 Å². The van der Waals surface area contributed by atoms with E-state index in [9.17, 15) is 8.42 Å². The molecule has 1 heterocycles. The fourth-order valence-corrected chi connectivity index (χ4v) is 3.51. The predicted molar refractivity (Wildman–Crippen MR) is 114 cm³/mol. The van der Waals surface area contributed by atoms with Crippen molar-refractivity contribution in [1.29, 1.82) is 0 Å². The number of likely N-dealkylation sites (tertiary alicyclic amines) is 1. The molecular weight excluding hydrogens is 451 g/mol. The van der Waals surface area contributed by atoms with Gasteiger partial charge in [-0.1, -0.05) is 12.1 Å². The molecule has 1 atom stereocenters. The monoisotopic (exact) mass is 480 g/mol. The quantitative estimate of drug-likeness (QED) is 0.366. The molecule has 2 rings (SSSR count). The molecule has 1 aliphatic rings. The average molecular weight is 480 g/mol. The van der Waals surface area contributed by atoms with Gasteiger partial charge in [0.2, 0.25) is 0 Å². The lowest BCUT2D eigenvalue weighted by Crippen LogP contribution is -2.41. The zero-order valence-corrected chi connectivity index (χ0v) is 18.3. The van der Waals surface area contributed by atoms with Gasteiger partial charge in [0.25, 0.3) is 0 Å². The van der Waals surface area contributed by atoms with Gasteiger partial charge < -0.3 is 15.5 Å². The van der Waals surface area contributed by atoms with Gasteiger partial charge in [-0.25, -0.2) is 8.42 Å². The van der Waals surface area contributed by atoms with Gasteiger partial charge in [-0.05, 0) is 50.0 Å². The van der Waals surface area contributed by atoms with Crippen LogP contribution >= 0.6 is 24.0 Å². The first-order chi connectivity index (χ1) is 11.4. The van der Waals surface area contributed by atoms with Crippen LogP contribution in [0.2, 0.25) is 0 Å². The van der Waals surface area contributed by atoms with Crippen LogP contribution in [-0.4, -0.2) is 65.8 Å². The SMILES string of the molecule is CN=C(NCCc1ccc(S(C)(=O)=O)cc1)NCC1CCN(C)C1.I. The van der Waals surface area contributed by atoms with E-state index in [0.717, 1.165) is 37.6 Å². The molecule has 1 unspecified atom stereocenters. The highest BCUT2D eigenvalue weighted by molar-refractivity contribution is 14.0. The third-order valence-electron chi connectivity index (χ3n) is 4.33. The van der Waals surface area contributed by atoms with E-state index in [0.29, 0.717) is 10.8 Å². The summed E-state index contributed by atoms with van der Waals surface area (Å²) >= 11 is 0. The molecule has 25 heavy (non-hydrogen) atoms. The van der Waals surface area contributed by atoms with E-state index in [1.165, 1.54) is 19.2 Å². The highest BCUT2D eigenvalue weighted by atomic mass is 127. The molecule has 1 saturated heterocycles. The summed E-state index contributed by atoms with van der Waals surface area (Å²) in [6.07, 6.45) is 3.27. The molecule has 1 aromatic rings. The fourth-order valence-electron chi connectivity index (χ4n) is 2.88. The molecule has 0 aliphatic carbocycles. The molecule has 0 spiro atoms. The minimum Gasteiger partial charge on any atom is -0.356 e. The normalized spacial score (nSPS) is 18.7. The van der Waals surface area contributed by atoms with Gasteiger partial charge in [0.05, 0.1) is 4.90 Å². The van der Waals surface area contributed by atoms with E-state index in [2.05, 4.69) is 27.6 Å². The maximum Gasteiger partial charge on any atom is 0.190 e. The van der Waals surface area contributed by atoms with Crippen molar-refractivity contribution in [1.82, 2.24) is 15.5 Å². The third kappa shape index (κ3) is 7.49. The van der Waals surface area contributed by atoms with Gasteiger partial charge in [0.1, 0.15) is 0 Å². The lowest BCUT2D eigenvalue weighted by Gasteiger charge is -2.15. The lowest BCUT2D eigenvalue weighted by atomic mass is 10.1. The number of sulfone groups is 1. The maximum absolute atomic E-state index is 11.4. The fraction of sp³-hybridized carbons (Fsp3) is 0.588. The first kappa shape index (κ1) is 22.2. The minimum atomic E-state index is -3.13. The van der Waals surface area contributed by atoms with E-state index in [1.807, 2.05) is 12.1 Å². The second-order valence-electron chi connectivity index (χ2n) is 6.46. The summed E-state index contributed by atoms with van der Waals surface area (Å²) in [6.45, 7) is 3.99. The maximum atomic E-state index is 11.4. The van der Waals surface area contributed by atoms with Crippen LogP contribution in [0.25, 0.3) is 0 Å².